The van der Waals surface area contributed by atoms with Gasteiger partial charge in [-0.05, 0) is 17.7 Å². The number of aryl methyl sites for hydroxylation is 1. The molecule has 0 bridgehead atoms. The fourth-order valence-electron chi connectivity index (χ4n) is 1.58. The second kappa shape index (κ2) is 8.60. The Morgan fingerprint density at radius 1 is 1.40 bits per heavy atom. The molecule has 3 unspecified atom stereocenters. The summed E-state index contributed by atoms with van der Waals surface area (Å²) >= 11 is 0. The minimum atomic E-state index is -2.38. The first kappa shape index (κ1) is 16.6. The zero-order valence-electron chi connectivity index (χ0n) is 10.4. The Balaban J connectivity index is 2.02. The Labute approximate surface area is 123 Å². The van der Waals surface area contributed by atoms with Gasteiger partial charge in [-0.25, -0.2) is 0 Å². The molecule has 11 heteroatoms. The van der Waals surface area contributed by atoms with Crippen LogP contribution in [0.2, 0.25) is 0 Å². The Morgan fingerprint density at radius 3 is 2.80 bits per heavy atom. The zero-order valence-corrected chi connectivity index (χ0v) is 14.3. The summed E-state index contributed by atoms with van der Waals surface area (Å²) in [5.74, 6) is 0.594. The predicted octanol–water partition coefficient (Wildman–Crippen LogP) is 1.14. The Hall–Kier alpha value is 0.210. The summed E-state index contributed by atoms with van der Waals surface area (Å²) in [6, 6.07) is 5.38. The first-order chi connectivity index (χ1) is 9.69. The molecule has 1 aromatic rings. The van der Waals surface area contributed by atoms with E-state index in [9.17, 15) is 14.6 Å². The summed E-state index contributed by atoms with van der Waals surface area (Å²) in [6.45, 7) is -0.143. The quantitative estimate of drug-likeness (QED) is 0.660. The third-order valence-corrected chi connectivity index (χ3v) is 6.25. The molecule has 1 aromatic carbocycles. The van der Waals surface area contributed by atoms with E-state index in [1.54, 1.807) is 16.7 Å². The van der Waals surface area contributed by atoms with Crippen LogP contribution in [0, 0.1) is 0 Å². The van der Waals surface area contributed by atoms with Gasteiger partial charge in [0.05, 0.1) is 24.4 Å². The SMILES string of the molecule is O=[P+]([O-])CCc1ccc(ON2PNPNP2)c(CO)c1. The predicted molar refractivity (Wildman–Crippen MR) is 82.2 cm³/mol. The number of nitrogens with zero attached hydrogens (tertiary/aromatic N) is 1. The molecule has 0 spiro atoms. The average Bonchev–Trinajstić information content (AvgIpc) is 2.47. The third-order valence-electron chi connectivity index (χ3n) is 2.51. The van der Waals surface area contributed by atoms with Crippen LogP contribution in [0.5, 0.6) is 5.75 Å². The molecule has 1 saturated heterocycles. The van der Waals surface area contributed by atoms with E-state index in [2.05, 4.69) is 9.72 Å². The average molecular weight is 353 g/mol. The van der Waals surface area contributed by atoms with Crippen molar-refractivity contribution >= 4 is 34.7 Å². The molecule has 1 fully saturated rings. The standard InChI is InChI=1S/C9H15N3O4P4/c13-6-8-5-7(3-4-20(14)15)1-2-9(8)16-12-18-10-17-11-19-12/h1-2,5,10-11,13,17-19H,3-4,6H2. The van der Waals surface area contributed by atoms with Gasteiger partial charge in [-0.1, -0.05) is 15.2 Å². The number of hydrogen-bond acceptors (Lipinski definition) is 7. The smallest absolute Gasteiger partial charge is 0.309 e. The molecule has 20 heavy (non-hydrogen) atoms. The molecule has 2 rings (SSSR count). The van der Waals surface area contributed by atoms with Gasteiger partial charge >= 0.3 is 8.03 Å². The summed E-state index contributed by atoms with van der Waals surface area (Å²) in [7, 11) is -1.09. The molecule has 0 radical (unpaired) electrons. The first-order valence-electron chi connectivity index (χ1n) is 5.78. The van der Waals surface area contributed by atoms with Crippen LogP contribution in [0.4, 0.5) is 0 Å². The van der Waals surface area contributed by atoms with Gasteiger partial charge in [-0.3, -0.25) is 9.72 Å². The molecule has 3 atom stereocenters. The number of aliphatic hydroxyl groups is 1. The summed E-state index contributed by atoms with van der Waals surface area (Å²) in [5, 5.41) is 9.41. The second-order valence-electron chi connectivity index (χ2n) is 3.89. The number of nitrogens with one attached hydrogen (secondary N) is 2. The number of rotatable bonds is 6. The lowest BCUT2D eigenvalue weighted by molar-refractivity contribution is -0.164. The lowest BCUT2D eigenvalue weighted by Gasteiger charge is -2.27. The fourth-order valence-corrected chi connectivity index (χ4v) is 5.61. The van der Waals surface area contributed by atoms with Crippen LogP contribution in [0.25, 0.3) is 0 Å². The molecule has 0 aliphatic carbocycles. The maximum absolute atomic E-state index is 10.6. The Kier molecular flexibility index (Phi) is 7.13. The van der Waals surface area contributed by atoms with Crippen LogP contribution in [0.15, 0.2) is 18.2 Å². The molecular weight excluding hydrogens is 338 g/mol. The highest BCUT2D eigenvalue weighted by atomic mass is 31.2. The maximum atomic E-state index is 10.6. The highest BCUT2D eigenvalue weighted by Gasteiger charge is 2.14. The largest absolute Gasteiger partial charge is 0.596 e. The molecule has 0 amide bonds. The van der Waals surface area contributed by atoms with Crippen molar-refractivity contribution in [1.29, 1.82) is 0 Å². The molecule has 1 aliphatic rings. The van der Waals surface area contributed by atoms with Crippen LogP contribution >= 0.6 is 34.7 Å². The molecule has 0 saturated carbocycles. The van der Waals surface area contributed by atoms with Crippen LogP contribution < -0.4 is 19.4 Å². The van der Waals surface area contributed by atoms with Crippen molar-refractivity contribution in [3.05, 3.63) is 29.3 Å². The third kappa shape index (κ3) is 5.20. The van der Waals surface area contributed by atoms with Gasteiger partial charge in [0.1, 0.15) is 6.16 Å². The van der Waals surface area contributed by atoms with E-state index in [0.717, 1.165) is 5.56 Å². The summed E-state index contributed by atoms with van der Waals surface area (Å²) in [6.07, 6.45) is 0.563. The monoisotopic (exact) mass is 353 g/mol. The summed E-state index contributed by atoms with van der Waals surface area (Å²) in [4.78, 5) is 22.6. The summed E-state index contributed by atoms with van der Waals surface area (Å²) in [5.41, 5.74) is 1.54. The van der Waals surface area contributed by atoms with E-state index in [1.807, 2.05) is 6.07 Å². The van der Waals surface area contributed by atoms with Crippen molar-refractivity contribution in [2.75, 3.05) is 6.16 Å². The molecule has 110 valence electrons. The van der Waals surface area contributed by atoms with Gasteiger partial charge in [0.15, 0.2) is 5.75 Å². The van der Waals surface area contributed by atoms with E-state index < -0.39 is 8.03 Å². The molecular formula is C9H15N3O4P4. The van der Waals surface area contributed by atoms with Gasteiger partial charge in [0.2, 0.25) is 0 Å². The summed E-state index contributed by atoms with van der Waals surface area (Å²) < 4.78 is 12.4. The van der Waals surface area contributed by atoms with Gasteiger partial charge in [0, 0.05) is 20.9 Å². The van der Waals surface area contributed by atoms with Crippen molar-refractivity contribution in [3.8, 4) is 5.75 Å². The van der Waals surface area contributed by atoms with Crippen LogP contribution in [-0.4, -0.2) is 15.9 Å². The van der Waals surface area contributed by atoms with Crippen LogP contribution in [0.1, 0.15) is 11.1 Å². The molecule has 1 aliphatic heterocycles. The van der Waals surface area contributed by atoms with E-state index in [-0.39, 0.29) is 12.8 Å². The minimum absolute atomic E-state index is 0.115. The van der Waals surface area contributed by atoms with Crippen LogP contribution in [-0.2, 0) is 17.6 Å². The minimum Gasteiger partial charge on any atom is -0.596 e. The molecule has 3 N–H and O–H groups in total. The molecule has 7 nitrogen and oxygen atoms in total. The number of aliphatic hydroxyl groups excluding tert-OH is 1. The maximum Gasteiger partial charge on any atom is 0.309 e. The second-order valence-corrected chi connectivity index (χ2v) is 8.96. The van der Waals surface area contributed by atoms with E-state index in [0.29, 0.717) is 44.4 Å². The lowest BCUT2D eigenvalue weighted by Crippen LogP contribution is -2.20. The van der Waals surface area contributed by atoms with Crippen molar-refractivity contribution in [3.63, 3.8) is 0 Å². The fraction of sp³-hybridized carbons (Fsp3) is 0.333. The number of benzene rings is 1. The number of hydrogen-bond donors (Lipinski definition) is 3. The Bertz CT molecular complexity index is 473. The highest BCUT2D eigenvalue weighted by molar-refractivity contribution is 7.65. The molecule has 1 heterocycles. The van der Waals surface area contributed by atoms with Gasteiger partial charge in [0.25, 0.3) is 0 Å². The molecule has 0 aromatic heterocycles. The van der Waals surface area contributed by atoms with Gasteiger partial charge in [-0.15, -0.1) is 0 Å². The first-order valence-corrected chi connectivity index (χ1v) is 10.0. The van der Waals surface area contributed by atoms with Crippen molar-refractivity contribution in [2.45, 2.75) is 13.0 Å². The van der Waals surface area contributed by atoms with Crippen LogP contribution in [0.3, 0.4) is 0 Å². The van der Waals surface area contributed by atoms with Crippen molar-refractivity contribution in [2.24, 2.45) is 0 Å². The highest BCUT2D eigenvalue weighted by Crippen LogP contribution is 2.38. The van der Waals surface area contributed by atoms with E-state index in [4.69, 9.17) is 4.84 Å². The lowest BCUT2D eigenvalue weighted by atomic mass is 10.1. The van der Waals surface area contributed by atoms with Gasteiger partial charge < -0.3 is 14.8 Å². The normalized spacial score (nSPS) is 20.6. The van der Waals surface area contributed by atoms with Crippen molar-refractivity contribution in [1.82, 2.24) is 14.3 Å². The van der Waals surface area contributed by atoms with E-state index in [1.165, 1.54) is 0 Å². The van der Waals surface area contributed by atoms with Crippen molar-refractivity contribution < 1.29 is 19.4 Å². The Morgan fingerprint density at radius 2 is 2.15 bits per heavy atom. The van der Waals surface area contributed by atoms with Gasteiger partial charge in [-0.2, -0.15) is 0 Å². The topological polar surface area (TPSA) is 96.9 Å². The van der Waals surface area contributed by atoms with E-state index >= 15 is 0 Å². The zero-order chi connectivity index (χ0) is 14.4.